The Labute approximate surface area is 103 Å². The fraction of sp³-hybridized carbons (Fsp3) is 0.769. The van der Waals surface area contributed by atoms with E-state index in [2.05, 4.69) is 13.0 Å². The minimum Gasteiger partial charge on any atom is -0.381 e. The molecule has 0 aromatic rings. The molecule has 0 aromatic heterocycles. The van der Waals surface area contributed by atoms with Crippen LogP contribution in [0.4, 0.5) is 0 Å². The highest BCUT2D eigenvalue weighted by Gasteiger charge is 2.41. The van der Waals surface area contributed by atoms with E-state index >= 15 is 0 Å². The molecular weight excluding hydrogens is 216 g/mol. The quantitative estimate of drug-likeness (QED) is 0.728. The van der Waals surface area contributed by atoms with Crippen molar-refractivity contribution >= 4 is 5.91 Å². The van der Waals surface area contributed by atoms with Gasteiger partial charge < -0.3 is 15.4 Å². The zero-order chi connectivity index (χ0) is 12.3. The zero-order valence-electron chi connectivity index (χ0n) is 10.6. The summed E-state index contributed by atoms with van der Waals surface area (Å²) in [4.78, 5) is 14.6. The third-order valence-electron chi connectivity index (χ3n) is 3.91. The normalized spacial score (nSPS) is 24.4. The van der Waals surface area contributed by atoms with Crippen LogP contribution in [0.15, 0.2) is 11.6 Å². The lowest BCUT2D eigenvalue weighted by molar-refractivity contribution is -0.147. The van der Waals surface area contributed by atoms with Gasteiger partial charge in [-0.25, -0.2) is 0 Å². The molecule has 2 N–H and O–H groups in total. The Morgan fingerprint density at radius 1 is 1.53 bits per heavy atom. The van der Waals surface area contributed by atoms with Gasteiger partial charge in [0, 0.05) is 32.8 Å². The van der Waals surface area contributed by atoms with Crippen molar-refractivity contribution in [2.75, 3.05) is 32.8 Å². The lowest BCUT2D eigenvalue weighted by Crippen LogP contribution is -2.52. The van der Waals surface area contributed by atoms with Gasteiger partial charge in [-0.15, -0.1) is 0 Å². The molecule has 1 saturated heterocycles. The molecule has 4 heteroatoms. The fourth-order valence-electron chi connectivity index (χ4n) is 2.69. The summed E-state index contributed by atoms with van der Waals surface area (Å²) >= 11 is 0. The van der Waals surface area contributed by atoms with Gasteiger partial charge in [-0.1, -0.05) is 11.6 Å². The predicted molar refractivity (Wildman–Crippen MR) is 66.5 cm³/mol. The Bertz CT molecular complexity index is 319. The molecular formula is C13H22N2O2. The third-order valence-corrected chi connectivity index (χ3v) is 3.91. The number of nitrogens with zero attached hydrogens (tertiary/aromatic N) is 1. The van der Waals surface area contributed by atoms with E-state index in [1.807, 2.05) is 4.90 Å². The molecule has 0 saturated carbocycles. The van der Waals surface area contributed by atoms with E-state index in [1.165, 1.54) is 5.57 Å². The second kappa shape index (κ2) is 5.19. The fourth-order valence-corrected chi connectivity index (χ4v) is 2.69. The zero-order valence-corrected chi connectivity index (χ0v) is 10.6. The van der Waals surface area contributed by atoms with Gasteiger partial charge in [0.25, 0.3) is 0 Å². The van der Waals surface area contributed by atoms with Gasteiger partial charge in [0.05, 0.1) is 5.41 Å². The molecule has 1 amide bonds. The number of hydrogen-bond acceptors (Lipinski definition) is 3. The van der Waals surface area contributed by atoms with Crippen molar-refractivity contribution < 1.29 is 9.53 Å². The Hall–Kier alpha value is -0.870. The molecule has 2 aliphatic rings. The summed E-state index contributed by atoms with van der Waals surface area (Å²) in [7, 11) is 0. The summed E-state index contributed by atoms with van der Waals surface area (Å²) in [6.45, 7) is 5.43. The summed E-state index contributed by atoms with van der Waals surface area (Å²) in [5.41, 5.74) is 6.78. The Balaban J connectivity index is 2.09. The molecule has 0 aliphatic carbocycles. The van der Waals surface area contributed by atoms with Gasteiger partial charge in [0.2, 0.25) is 5.91 Å². The monoisotopic (exact) mass is 238 g/mol. The summed E-state index contributed by atoms with van der Waals surface area (Å²) < 4.78 is 5.35. The van der Waals surface area contributed by atoms with Crippen LogP contribution in [-0.2, 0) is 9.53 Å². The minimum atomic E-state index is -0.365. The molecule has 0 unspecified atom stereocenters. The van der Waals surface area contributed by atoms with Crippen LogP contribution in [0.2, 0.25) is 0 Å². The highest BCUT2D eigenvalue weighted by Crippen LogP contribution is 2.32. The van der Waals surface area contributed by atoms with Crippen molar-refractivity contribution in [3.05, 3.63) is 11.6 Å². The lowest BCUT2D eigenvalue weighted by atomic mass is 9.78. The SMILES string of the molecule is CC1=CCCN(C(=O)C2(CN)CCOCC2)C1. The van der Waals surface area contributed by atoms with Crippen molar-refractivity contribution in [2.45, 2.75) is 26.2 Å². The molecule has 0 aromatic carbocycles. The number of rotatable bonds is 2. The van der Waals surface area contributed by atoms with Crippen LogP contribution in [0.25, 0.3) is 0 Å². The van der Waals surface area contributed by atoms with Gasteiger partial charge in [-0.2, -0.15) is 0 Å². The maximum Gasteiger partial charge on any atom is 0.230 e. The molecule has 0 atom stereocenters. The molecule has 2 rings (SSSR count). The lowest BCUT2D eigenvalue weighted by Gasteiger charge is -2.40. The molecule has 2 aliphatic heterocycles. The molecule has 96 valence electrons. The summed E-state index contributed by atoms with van der Waals surface area (Å²) in [5, 5.41) is 0. The molecule has 17 heavy (non-hydrogen) atoms. The Morgan fingerprint density at radius 2 is 2.24 bits per heavy atom. The first kappa shape index (κ1) is 12.6. The van der Waals surface area contributed by atoms with E-state index in [9.17, 15) is 4.79 Å². The van der Waals surface area contributed by atoms with Gasteiger partial charge in [-0.3, -0.25) is 4.79 Å². The third kappa shape index (κ3) is 2.53. The van der Waals surface area contributed by atoms with Crippen LogP contribution in [0.5, 0.6) is 0 Å². The summed E-state index contributed by atoms with van der Waals surface area (Å²) in [6.07, 6.45) is 4.71. The van der Waals surface area contributed by atoms with Crippen molar-refractivity contribution in [2.24, 2.45) is 11.1 Å². The summed E-state index contributed by atoms with van der Waals surface area (Å²) in [5.74, 6) is 0.232. The summed E-state index contributed by atoms with van der Waals surface area (Å²) in [6, 6.07) is 0. The van der Waals surface area contributed by atoms with Gasteiger partial charge in [0.1, 0.15) is 0 Å². The van der Waals surface area contributed by atoms with Crippen molar-refractivity contribution in [1.82, 2.24) is 4.90 Å². The van der Waals surface area contributed by atoms with Crippen LogP contribution in [-0.4, -0.2) is 43.7 Å². The number of ether oxygens (including phenoxy) is 1. The number of hydrogen-bond donors (Lipinski definition) is 1. The van der Waals surface area contributed by atoms with Crippen LogP contribution in [0.3, 0.4) is 0 Å². The predicted octanol–water partition coefficient (Wildman–Crippen LogP) is 0.920. The van der Waals surface area contributed by atoms with Crippen LogP contribution in [0, 0.1) is 5.41 Å². The highest BCUT2D eigenvalue weighted by atomic mass is 16.5. The van der Waals surface area contributed by atoms with E-state index < -0.39 is 0 Å². The number of nitrogens with two attached hydrogens (primary N) is 1. The largest absolute Gasteiger partial charge is 0.381 e. The van der Waals surface area contributed by atoms with E-state index in [-0.39, 0.29) is 11.3 Å². The molecule has 0 radical (unpaired) electrons. The molecule has 0 bridgehead atoms. The van der Waals surface area contributed by atoms with Crippen molar-refractivity contribution in [1.29, 1.82) is 0 Å². The number of carbonyl (C=O) groups excluding carboxylic acids is 1. The number of carbonyl (C=O) groups is 1. The van der Waals surface area contributed by atoms with Gasteiger partial charge in [0.15, 0.2) is 0 Å². The Kier molecular flexibility index (Phi) is 3.84. The first-order chi connectivity index (χ1) is 8.18. The average Bonchev–Trinajstić information content (AvgIpc) is 2.38. The minimum absolute atomic E-state index is 0.232. The number of amides is 1. The second-order valence-corrected chi connectivity index (χ2v) is 5.16. The molecule has 0 spiro atoms. The average molecular weight is 238 g/mol. The van der Waals surface area contributed by atoms with E-state index in [0.29, 0.717) is 19.8 Å². The van der Waals surface area contributed by atoms with Crippen molar-refractivity contribution in [3.8, 4) is 0 Å². The van der Waals surface area contributed by atoms with Crippen LogP contribution >= 0.6 is 0 Å². The molecule has 2 heterocycles. The maximum absolute atomic E-state index is 12.6. The first-order valence-electron chi connectivity index (χ1n) is 6.41. The first-order valence-corrected chi connectivity index (χ1v) is 6.41. The molecule has 4 nitrogen and oxygen atoms in total. The van der Waals surface area contributed by atoms with E-state index in [4.69, 9.17) is 10.5 Å². The maximum atomic E-state index is 12.6. The second-order valence-electron chi connectivity index (χ2n) is 5.16. The van der Waals surface area contributed by atoms with Crippen molar-refractivity contribution in [3.63, 3.8) is 0 Å². The van der Waals surface area contributed by atoms with E-state index in [1.54, 1.807) is 0 Å². The van der Waals surface area contributed by atoms with Gasteiger partial charge in [-0.05, 0) is 26.2 Å². The smallest absolute Gasteiger partial charge is 0.230 e. The Morgan fingerprint density at radius 3 is 2.82 bits per heavy atom. The van der Waals surface area contributed by atoms with Gasteiger partial charge >= 0.3 is 0 Å². The highest BCUT2D eigenvalue weighted by molar-refractivity contribution is 5.83. The van der Waals surface area contributed by atoms with E-state index in [0.717, 1.165) is 32.4 Å². The standard InChI is InChI=1S/C13H22N2O2/c1-11-3-2-6-15(9-11)12(16)13(10-14)4-7-17-8-5-13/h3H,2,4-10,14H2,1H3. The van der Waals surface area contributed by atoms with Crippen LogP contribution < -0.4 is 5.73 Å². The molecule has 1 fully saturated rings. The van der Waals surface area contributed by atoms with Crippen LogP contribution in [0.1, 0.15) is 26.2 Å². The topological polar surface area (TPSA) is 55.6 Å².